The average molecular weight is 390 g/mol. The van der Waals surface area contributed by atoms with E-state index in [0.29, 0.717) is 5.69 Å². The van der Waals surface area contributed by atoms with E-state index in [1.165, 1.54) is 6.92 Å². The molecule has 3 N–H and O–H groups in total. The molecule has 0 aromatic heterocycles. The van der Waals surface area contributed by atoms with Crippen LogP contribution in [-0.2, 0) is 9.53 Å². The molecule has 1 atom stereocenters. The van der Waals surface area contributed by atoms with E-state index in [1.54, 1.807) is 18.2 Å². The van der Waals surface area contributed by atoms with Gasteiger partial charge in [-0.1, -0.05) is 0 Å². The van der Waals surface area contributed by atoms with Gasteiger partial charge in [-0.15, -0.1) is 0 Å². The Balaban J connectivity index is 2.75. The summed E-state index contributed by atoms with van der Waals surface area (Å²) in [5.74, 6) is -0.937. The minimum absolute atomic E-state index is 0.271. The number of hydrogen-bond donors (Lipinski definition) is 2. The van der Waals surface area contributed by atoms with Crippen LogP contribution in [0.1, 0.15) is 38.1 Å². The zero-order chi connectivity index (χ0) is 15.5. The van der Waals surface area contributed by atoms with Crippen LogP contribution in [0.25, 0.3) is 0 Å². The number of halogens is 1. The Labute approximate surface area is 132 Å². The van der Waals surface area contributed by atoms with Gasteiger partial charge >= 0.3 is 5.97 Å². The van der Waals surface area contributed by atoms with Crippen molar-refractivity contribution in [2.45, 2.75) is 39.3 Å². The van der Waals surface area contributed by atoms with E-state index >= 15 is 0 Å². The van der Waals surface area contributed by atoms with Gasteiger partial charge in [0.1, 0.15) is 0 Å². The van der Waals surface area contributed by atoms with Crippen LogP contribution in [0.2, 0.25) is 0 Å². The molecule has 0 radical (unpaired) electrons. The maximum absolute atomic E-state index is 12.0. The van der Waals surface area contributed by atoms with Crippen LogP contribution in [0.15, 0.2) is 18.2 Å². The van der Waals surface area contributed by atoms with E-state index in [2.05, 4.69) is 27.9 Å². The molecule has 0 aliphatic heterocycles. The third-order valence-electron chi connectivity index (χ3n) is 2.39. The van der Waals surface area contributed by atoms with Crippen LogP contribution in [-0.4, -0.2) is 23.5 Å². The monoisotopic (exact) mass is 390 g/mol. The summed E-state index contributed by atoms with van der Waals surface area (Å²) in [7, 11) is 0. The van der Waals surface area contributed by atoms with Crippen LogP contribution in [0.3, 0.4) is 0 Å². The lowest BCUT2D eigenvalue weighted by Crippen LogP contribution is -2.46. The molecule has 0 spiro atoms. The standard InChI is InChI=1S/C14H19IN2O3/c1-8(12(18)17-14(2,3)4)20-13(19)10-7-9(15)5-6-11(10)16/h5-8H,16H2,1-4H3,(H,17,18)/t8-/m1/s1. The molecule has 0 fully saturated rings. The number of nitrogens with one attached hydrogen (secondary N) is 1. The van der Waals surface area contributed by atoms with E-state index in [0.717, 1.165) is 3.57 Å². The highest BCUT2D eigenvalue weighted by Crippen LogP contribution is 2.17. The van der Waals surface area contributed by atoms with Crippen molar-refractivity contribution in [2.75, 3.05) is 5.73 Å². The molecular weight excluding hydrogens is 371 g/mol. The van der Waals surface area contributed by atoms with Gasteiger partial charge in [0.2, 0.25) is 0 Å². The number of benzene rings is 1. The van der Waals surface area contributed by atoms with Crippen molar-refractivity contribution in [3.05, 3.63) is 27.3 Å². The number of carbonyl (C=O) groups excluding carboxylic acids is 2. The molecule has 1 aromatic carbocycles. The van der Waals surface area contributed by atoms with Crippen LogP contribution < -0.4 is 11.1 Å². The summed E-state index contributed by atoms with van der Waals surface area (Å²) in [4.78, 5) is 23.9. The number of rotatable bonds is 3. The van der Waals surface area contributed by atoms with Crippen LogP contribution in [0.5, 0.6) is 0 Å². The smallest absolute Gasteiger partial charge is 0.341 e. The zero-order valence-corrected chi connectivity index (χ0v) is 14.1. The molecule has 0 saturated heterocycles. The molecule has 0 unspecified atom stereocenters. The first-order valence-electron chi connectivity index (χ1n) is 6.18. The molecule has 5 nitrogen and oxygen atoms in total. The topological polar surface area (TPSA) is 81.4 Å². The first kappa shape index (κ1) is 16.7. The number of amides is 1. The fourth-order valence-electron chi connectivity index (χ4n) is 1.45. The predicted octanol–water partition coefficient (Wildman–Crippen LogP) is 2.33. The summed E-state index contributed by atoms with van der Waals surface area (Å²) >= 11 is 2.08. The largest absolute Gasteiger partial charge is 0.449 e. The SMILES string of the molecule is C[C@@H](OC(=O)c1cc(I)ccc1N)C(=O)NC(C)(C)C. The third-order valence-corrected chi connectivity index (χ3v) is 3.06. The van der Waals surface area contributed by atoms with Crippen molar-refractivity contribution in [2.24, 2.45) is 0 Å². The fraction of sp³-hybridized carbons (Fsp3) is 0.429. The van der Waals surface area contributed by atoms with Crippen LogP contribution >= 0.6 is 22.6 Å². The van der Waals surface area contributed by atoms with Crippen molar-refractivity contribution < 1.29 is 14.3 Å². The predicted molar refractivity (Wildman–Crippen MR) is 86.3 cm³/mol. The summed E-state index contributed by atoms with van der Waals surface area (Å²) in [6.07, 6.45) is -0.876. The molecule has 110 valence electrons. The molecule has 0 heterocycles. The first-order valence-corrected chi connectivity index (χ1v) is 7.26. The summed E-state index contributed by atoms with van der Waals surface area (Å²) in [6.45, 7) is 7.11. The highest BCUT2D eigenvalue weighted by Gasteiger charge is 2.23. The zero-order valence-electron chi connectivity index (χ0n) is 12.0. The Kier molecular flexibility index (Phi) is 5.38. The van der Waals surface area contributed by atoms with Crippen LogP contribution in [0.4, 0.5) is 5.69 Å². The highest BCUT2D eigenvalue weighted by molar-refractivity contribution is 14.1. The molecule has 0 aliphatic carbocycles. The minimum atomic E-state index is -0.876. The summed E-state index contributed by atoms with van der Waals surface area (Å²) < 4.78 is 6.02. The van der Waals surface area contributed by atoms with Gasteiger partial charge in [-0.05, 0) is 68.5 Å². The number of hydrogen-bond acceptors (Lipinski definition) is 4. The Hall–Kier alpha value is -1.31. The molecule has 0 bridgehead atoms. The number of esters is 1. The lowest BCUT2D eigenvalue weighted by molar-refractivity contribution is -0.130. The Morgan fingerprint density at radius 3 is 2.50 bits per heavy atom. The second kappa shape index (κ2) is 6.43. The molecule has 1 amide bonds. The van der Waals surface area contributed by atoms with Crippen molar-refractivity contribution >= 4 is 40.2 Å². The van der Waals surface area contributed by atoms with E-state index < -0.39 is 12.1 Å². The van der Waals surface area contributed by atoms with Gasteiger partial charge in [0.05, 0.1) is 5.56 Å². The fourth-order valence-corrected chi connectivity index (χ4v) is 1.95. The van der Waals surface area contributed by atoms with Gasteiger partial charge in [-0.2, -0.15) is 0 Å². The molecule has 6 heteroatoms. The molecule has 20 heavy (non-hydrogen) atoms. The minimum Gasteiger partial charge on any atom is -0.449 e. The van der Waals surface area contributed by atoms with E-state index in [4.69, 9.17) is 10.5 Å². The van der Waals surface area contributed by atoms with Crippen molar-refractivity contribution in [3.8, 4) is 0 Å². The average Bonchev–Trinajstić information content (AvgIpc) is 2.29. The lowest BCUT2D eigenvalue weighted by Gasteiger charge is -2.23. The maximum Gasteiger partial charge on any atom is 0.341 e. The van der Waals surface area contributed by atoms with E-state index in [9.17, 15) is 9.59 Å². The third kappa shape index (κ3) is 4.99. The summed E-state index contributed by atoms with van der Waals surface area (Å²) in [6, 6.07) is 5.06. The number of ether oxygens (including phenoxy) is 1. The maximum atomic E-state index is 12.0. The number of anilines is 1. The normalized spacial score (nSPS) is 12.7. The van der Waals surface area contributed by atoms with Crippen LogP contribution in [0, 0.1) is 3.57 Å². The lowest BCUT2D eigenvalue weighted by atomic mass is 10.1. The molecular formula is C14H19IN2O3. The van der Waals surface area contributed by atoms with E-state index in [-0.39, 0.29) is 17.0 Å². The summed E-state index contributed by atoms with van der Waals surface area (Å²) in [5.41, 5.74) is 5.97. The molecule has 1 rings (SSSR count). The molecule has 0 aliphatic rings. The van der Waals surface area contributed by atoms with Crippen molar-refractivity contribution in [1.29, 1.82) is 0 Å². The Bertz CT molecular complexity index is 524. The second-order valence-electron chi connectivity index (χ2n) is 5.52. The number of carbonyl (C=O) groups is 2. The molecule has 1 aromatic rings. The van der Waals surface area contributed by atoms with Gasteiger partial charge in [0, 0.05) is 14.8 Å². The van der Waals surface area contributed by atoms with Crippen molar-refractivity contribution in [1.82, 2.24) is 5.32 Å². The van der Waals surface area contributed by atoms with Gasteiger partial charge in [-0.3, -0.25) is 4.79 Å². The second-order valence-corrected chi connectivity index (χ2v) is 6.76. The molecule has 0 saturated carbocycles. The first-order chi connectivity index (χ1) is 9.10. The number of nitrogens with two attached hydrogens (primary N) is 1. The van der Waals surface area contributed by atoms with Gasteiger partial charge in [0.15, 0.2) is 6.10 Å². The summed E-state index contributed by atoms with van der Waals surface area (Å²) in [5, 5.41) is 2.75. The van der Waals surface area contributed by atoms with E-state index in [1.807, 2.05) is 20.8 Å². The van der Waals surface area contributed by atoms with Gasteiger partial charge < -0.3 is 15.8 Å². The highest BCUT2D eigenvalue weighted by atomic mass is 127. The Morgan fingerprint density at radius 1 is 1.35 bits per heavy atom. The van der Waals surface area contributed by atoms with Gasteiger partial charge in [-0.25, -0.2) is 4.79 Å². The van der Waals surface area contributed by atoms with Crippen molar-refractivity contribution in [3.63, 3.8) is 0 Å². The Morgan fingerprint density at radius 2 is 1.95 bits per heavy atom. The number of nitrogen functional groups attached to an aromatic ring is 1. The van der Waals surface area contributed by atoms with Gasteiger partial charge in [0.25, 0.3) is 5.91 Å². The quantitative estimate of drug-likeness (QED) is 0.472.